The van der Waals surface area contributed by atoms with Crippen LogP contribution in [0.2, 0.25) is 0 Å². The second-order valence-electron chi connectivity index (χ2n) is 5.87. The molecule has 1 saturated heterocycles. The zero-order valence-corrected chi connectivity index (χ0v) is 14.2. The van der Waals surface area contributed by atoms with Gasteiger partial charge in [-0.25, -0.2) is 12.7 Å². The van der Waals surface area contributed by atoms with Crippen molar-refractivity contribution in [1.82, 2.24) is 14.9 Å². The minimum atomic E-state index is -3.61. The van der Waals surface area contributed by atoms with Crippen LogP contribution in [0.25, 0.3) is 0 Å². The number of nitrogens with zero attached hydrogens (tertiary/aromatic N) is 1. The summed E-state index contributed by atoms with van der Waals surface area (Å²) < 4.78 is 30.8. The molecule has 1 aliphatic rings. The van der Waals surface area contributed by atoms with E-state index < -0.39 is 10.0 Å². The van der Waals surface area contributed by atoms with Crippen molar-refractivity contribution in [1.29, 1.82) is 0 Å². The van der Waals surface area contributed by atoms with Crippen molar-refractivity contribution in [3.8, 4) is 0 Å². The van der Waals surface area contributed by atoms with Crippen LogP contribution in [0, 0.1) is 12.8 Å². The van der Waals surface area contributed by atoms with Crippen LogP contribution in [0.4, 0.5) is 0 Å². The molecule has 0 saturated carbocycles. The summed E-state index contributed by atoms with van der Waals surface area (Å²) in [5.41, 5.74) is 0. The van der Waals surface area contributed by atoms with E-state index in [2.05, 4.69) is 17.6 Å². The Morgan fingerprint density at radius 1 is 1.45 bits per heavy atom. The number of sulfonamides is 1. The molecule has 124 valence electrons. The molecule has 2 rings (SSSR count). The van der Waals surface area contributed by atoms with E-state index in [0.29, 0.717) is 5.92 Å². The molecule has 1 aromatic rings. The maximum atomic E-state index is 12.3. The highest BCUT2D eigenvalue weighted by Crippen LogP contribution is 2.22. The Labute approximate surface area is 131 Å². The lowest BCUT2D eigenvalue weighted by atomic mass is 9.95. The van der Waals surface area contributed by atoms with Gasteiger partial charge in [-0.1, -0.05) is 6.92 Å². The van der Waals surface area contributed by atoms with E-state index in [1.807, 2.05) is 0 Å². The molecule has 2 heterocycles. The van der Waals surface area contributed by atoms with Crippen LogP contribution in [-0.4, -0.2) is 51.9 Å². The second kappa shape index (κ2) is 6.39. The van der Waals surface area contributed by atoms with Gasteiger partial charge >= 0.3 is 0 Å². The largest absolute Gasteiger partial charge is 0.455 e. The molecule has 0 bridgehead atoms. The van der Waals surface area contributed by atoms with E-state index in [4.69, 9.17) is 4.42 Å². The summed E-state index contributed by atoms with van der Waals surface area (Å²) in [6, 6.07) is 1.36. The Hall–Kier alpha value is -1.38. The Morgan fingerprint density at radius 2 is 2.14 bits per heavy atom. The topological polar surface area (TPSA) is 91.6 Å². The smallest absolute Gasteiger partial charge is 0.287 e. The van der Waals surface area contributed by atoms with Gasteiger partial charge in [0.1, 0.15) is 10.7 Å². The SMILES string of the molecule is Cc1oc(C(=O)NC2CCNCC2C)cc1S(=O)(=O)N(C)C. The van der Waals surface area contributed by atoms with E-state index in [9.17, 15) is 13.2 Å². The fourth-order valence-electron chi connectivity index (χ4n) is 2.50. The lowest BCUT2D eigenvalue weighted by Crippen LogP contribution is -2.48. The minimum Gasteiger partial charge on any atom is -0.455 e. The summed E-state index contributed by atoms with van der Waals surface area (Å²) in [5, 5.41) is 6.19. The molecule has 8 heteroatoms. The first-order valence-electron chi connectivity index (χ1n) is 7.28. The molecule has 1 fully saturated rings. The van der Waals surface area contributed by atoms with Crippen molar-refractivity contribution in [3.05, 3.63) is 17.6 Å². The van der Waals surface area contributed by atoms with E-state index >= 15 is 0 Å². The van der Waals surface area contributed by atoms with E-state index in [0.717, 1.165) is 23.8 Å². The summed E-state index contributed by atoms with van der Waals surface area (Å²) in [6.45, 7) is 5.31. The number of hydrogen-bond donors (Lipinski definition) is 2. The number of amides is 1. The quantitative estimate of drug-likeness (QED) is 0.842. The predicted molar refractivity (Wildman–Crippen MR) is 82.2 cm³/mol. The first-order chi connectivity index (χ1) is 10.2. The van der Waals surface area contributed by atoms with Gasteiger partial charge in [0.05, 0.1) is 0 Å². The first kappa shape index (κ1) is 17.0. The van der Waals surface area contributed by atoms with Gasteiger partial charge in [-0.3, -0.25) is 4.79 Å². The van der Waals surface area contributed by atoms with Crippen LogP contribution < -0.4 is 10.6 Å². The second-order valence-corrected chi connectivity index (χ2v) is 7.99. The van der Waals surface area contributed by atoms with Gasteiger partial charge in [-0.15, -0.1) is 0 Å². The normalized spacial score (nSPS) is 22.8. The molecule has 0 aromatic carbocycles. The van der Waals surface area contributed by atoms with Crippen molar-refractivity contribution in [2.24, 2.45) is 5.92 Å². The Morgan fingerprint density at radius 3 is 2.73 bits per heavy atom. The highest BCUT2D eigenvalue weighted by molar-refractivity contribution is 7.89. The monoisotopic (exact) mass is 329 g/mol. The molecule has 0 spiro atoms. The van der Waals surface area contributed by atoms with E-state index in [1.54, 1.807) is 6.92 Å². The number of nitrogens with one attached hydrogen (secondary N) is 2. The van der Waals surface area contributed by atoms with Gasteiger partial charge in [0.25, 0.3) is 5.91 Å². The molecule has 2 atom stereocenters. The minimum absolute atomic E-state index is 0.0287. The standard InChI is InChI=1S/C14H23N3O4S/c1-9-8-15-6-5-11(9)16-14(18)12-7-13(10(2)21-12)22(19,20)17(3)4/h7,9,11,15H,5-6,8H2,1-4H3,(H,16,18). The highest BCUT2D eigenvalue weighted by atomic mass is 32.2. The number of piperidine rings is 1. The summed E-state index contributed by atoms with van der Waals surface area (Å²) in [4.78, 5) is 12.3. The molecule has 1 aromatic heterocycles. The van der Waals surface area contributed by atoms with Gasteiger partial charge in [0.15, 0.2) is 5.76 Å². The lowest BCUT2D eigenvalue weighted by molar-refractivity contribution is 0.0884. The molecule has 2 unspecified atom stereocenters. The van der Waals surface area contributed by atoms with Crippen LogP contribution in [0.3, 0.4) is 0 Å². The summed E-state index contributed by atoms with van der Waals surface area (Å²) in [6.07, 6.45) is 0.843. The number of hydrogen-bond acceptors (Lipinski definition) is 5. The Bertz CT molecular complexity index is 651. The third-order valence-corrected chi connectivity index (χ3v) is 5.88. The fraction of sp³-hybridized carbons (Fsp3) is 0.643. The lowest BCUT2D eigenvalue weighted by Gasteiger charge is -2.29. The number of carbonyl (C=O) groups is 1. The van der Waals surface area contributed by atoms with Gasteiger partial charge in [-0.2, -0.15) is 0 Å². The van der Waals surface area contributed by atoms with Gasteiger partial charge in [0.2, 0.25) is 10.0 Å². The first-order valence-corrected chi connectivity index (χ1v) is 8.72. The van der Waals surface area contributed by atoms with Crippen molar-refractivity contribution < 1.29 is 17.6 Å². The van der Waals surface area contributed by atoms with Gasteiger partial charge in [-0.05, 0) is 32.4 Å². The Kier molecular flexibility index (Phi) is 4.93. The van der Waals surface area contributed by atoms with Crippen LogP contribution in [0.5, 0.6) is 0 Å². The molecule has 0 aliphatic carbocycles. The molecular formula is C14H23N3O4S. The average Bonchev–Trinajstić information content (AvgIpc) is 2.84. The Balaban J connectivity index is 2.18. The van der Waals surface area contributed by atoms with Crippen LogP contribution >= 0.6 is 0 Å². The summed E-state index contributed by atoms with van der Waals surface area (Å²) in [5.74, 6) is 0.196. The predicted octanol–water partition coefficient (Wildman–Crippen LogP) is 0.566. The van der Waals surface area contributed by atoms with Crippen molar-refractivity contribution in [2.75, 3.05) is 27.2 Å². The number of aryl methyl sites for hydroxylation is 1. The van der Waals surface area contributed by atoms with Crippen molar-refractivity contribution in [3.63, 3.8) is 0 Å². The zero-order valence-electron chi connectivity index (χ0n) is 13.3. The third-order valence-electron chi connectivity index (χ3n) is 3.96. The third kappa shape index (κ3) is 3.34. The molecule has 1 amide bonds. The average molecular weight is 329 g/mol. The number of furan rings is 1. The number of rotatable bonds is 4. The van der Waals surface area contributed by atoms with Crippen LogP contribution in [0.1, 0.15) is 29.7 Å². The van der Waals surface area contributed by atoms with E-state index in [-0.39, 0.29) is 28.4 Å². The molecule has 0 radical (unpaired) electrons. The van der Waals surface area contributed by atoms with Gasteiger partial charge in [0, 0.05) is 26.2 Å². The maximum Gasteiger partial charge on any atom is 0.287 e. The molecular weight excluding hydrogens is 306 g/mol. The van der Waals surface area contributed by atoms with Crippen LogP contribution in [-0.2, 0) is 10.0 Å². The maximum absolute atomic E-state index is 12.3. The number of carbonyl (C=O) groups excluding carboxylic acids is 1. The molecule has 22 heavy (non-hydrogen) atoms. The molecule has 2 N–H and O–H groups in total. The zero-order chi connectivity index (χ0) is 16.5. The van der Waals surface area contributed by atoms with E-state index in [1.165, 1.54) is 20.2 Å². The van der Waals surface area contributed by atoms with Crippen molar-refractivity contribution in [2.45, 2.75) is 31.2 Å². The molecule has 1 aliphatic heterocycles. The summed E-state index contributed by atoms with van der Waals surface area (Å²) in [7, 11) is -0.729. The van der Waals surface area contributed by atoms with Crippen molar-refractivity contribution >= 4 is 15.9 Å². The summed E-state index contributed by atoms with van der Waals surface area (Å²) >= 11 is 0. The van der Waals surface area contributed by atoms with Crippen LogP contribution in [0.15, 0.2) is 15.4 Å². The highest BCUT2D eigenvalue weighted by Gasteiger charge is 2.28. The molecule has 7 nitrogen and oxygen atoms in total. The fourth-order valence-corrected chi connectivity index (χ4v) is 3.55. The van der Waals surface area contributed by atoms with Gasteiger partial charge < -0.3 is 15.1 Å².